The highest BCUT2D eigenvalue weighted by molar-refractivity contribution is 4.72. The number of nitrogens with one attached hydrogen (secondary N) is 1. The summed E-state index contributed by atoms with van der Waals surface area (Å²) in [6.45, 7) is 8.91. The van der Waals surface area contributed by atoms with Crippen LogP contribution in [0.3, 0.4) is 0 Å². The zero-order valence-electron chi connectivity index (χ0n) is 10.5. The normalized spacial score (nSPS) is 28.7. The fourth-order valence-electron chi connectivity index (χ4n) is 2.50. The van der Waals surface area contributed by atoms with Gasteiger partial charge in [-0.25, -0.2) is 0 Å². The van der Waals surface area contributed by atoms with E-state index in [9.17, 15) is 0 Å². The maximum atomic E-state index is 5.70. The summed E-state index contributed by atoms with van der Waals surface area (Å²) in [5.74, 6) is 0. The fourth-order valence-corrected chi connectivity index (χ4v) is 2.50. The third kappa shape index (κ3) is 4.01. The Morgan fingerprint density at radius 1 is 1.25 bits per heavy atom. The van der Waals surface area contributed by atoms with Crippen LogP contribution in [0.25, 0.3) is 0 Å². The van der Waals surface area contributed by atoms with Gasteiger partial charge < -0.3 is 19.9 Å². The molecule has 0 aliphatic carbocycles. The number of morpholine rings is 1. The average Bonchev–Trinajstić information content (AvgIpc) is 2.77. The van der Waals surface area contributed by atoms with E-state index in [-0.39, 0.29) is 0 Å². The first-order valence-electron chi connectivity index (χ1n) is 6.58. The van der Waals surface area contributed by atoms with Gasteiger partial charge >= 0.3 is 0 Å². The molecule has 0 aromatic heterocycles. The molecule has 0 amide bonds. The van der Waals surface area contributed by atoms with Gasteiger partial charge in [-0.05, 0) is 33.0 Å². The Balaban J connectivity index is 1.50. The van der Waals surface area contributed by atoms with Crippen LogP contribution in [0.5, 0.6) is 0 Å². The Morgan fingerprint density at radius 2 is 2.06 bits per heavy atom. The monoisotopic (exact) mass is 227 g/mol. The fraction of sp³-hybridized carbons (Fsp3) is 1.00. The smallest absolute Gasteiger partial charge is 0.0826 e. The summed E-state index contributed by atoms with van der Waals surface area (Å²) in [7, 11) is 2.17. The van der Waals surface area contributed by atoms with Crippen molar-refractivity contribution in [2.75, 3.05) is 59.5 Å². The predicted molar refractivity (Wildman–Crippen MR) is 65.8 cm³/mol. The molecule has 0 spiro atoms. The molecule has 2 saturated heterocycles. The van der Waals surface area contributed by atoms with Gasteiger partial charge in [-0.15, -0.1) is 0 Å². The Bertz CT molecular complexity index is 195. The molecular weight excluding hydrogens is 202 g/mol. The molecule has 0 bridgehead atoms. The van der Waals surface area contributed by atoms with Gasteiger partial charge in [0.15, 0.2) is 0 Å². The molecule has 16 heavy (non-hydrogen) atoms. The second kappa shape index (κ2) is 6.55. The van der Waals surface area contributed by atoms with Gasteiger partial charge in [0, 0.05) is 32.7 Å². The minimum Gasteiger partial charge on any atom is -0.374 e. The van der Waals surface area contributed by atoms with Gasteiger partial charge in [-0.3, -0.25) is 0 Å². The van der Waals surface area contributed by atoms with Gasteiger partial charge in [0.05, 0.1) is 12.7 Å². The largest absolute Gasteiger partial charge is 0.374 e. The van der Waals surface area contributed by atoms with E-state index in [0.717, 1.165) is 32.8 Å². The molecule has 2 fully saturated rings. The van der Waals surface area contributed by atoms with E-state index in [1.54, 1.807) is 0 Å². The molecule has 94 valence electrons. The van der Waals surface area contributed by atoms with Crippen molar-refractivity contribution in [2.24, 2.45) is 0 Å². The van der Waals surface area contributed by atoms with E-state index in [2.05, 4.69) is 22.2 Å². The number of hydrogen-bond acceptors (Lipinski definition) is 4. The summed E-state index contributed by atoms with van der Waals surface area (Å²) in [4.78, 5) is 4.89. The number of rotatable bonds is 5. The molecule has 2 rings (SSSR count). The Labute approximate surface area is 98.9 Å². The summed E-state index contributed by atoms with van der Waals surface area (Å²) in [6.07, 6.45) is 3.16. The van der Waals surface area contributed by atoms with E-state index >= 15 is 0 Å². The maximum absolute atomic E-state index is 5.70. The topological polar surface area (TPSA) is 27.7 Å². The third-order valence-corrected chi connectivity index (χ3v) is 3.52. The summed E-state index contributed by atoms with van der Waals surface area (Å²) in [5, 5.41) is 3.51. The zero-order chi connectivity index (χ0) is 11.2. The molecular formula is C12H25N3O. The molecule has 0 radical (unpaired) electrons. The predicted octanol–water partition coefficient (Wildman–Crippen LogP) is 0.00240. The van der Waals surface area contributed by atoms with Crippen molar-refractivity contribution in [3.8, 4) is 0 Å². The van der Waals surface area contributed by atoms with Crippen LogP contribution < -0.4 is 5.32 Å². The van der Waals surface area contributed by atoms with Crippen molar-refractivity contribution in [2.45, 2.75) is 18.9 Å². The molecule has 0 aromatic carbocycles. The lowest BCUT2D eigenvalue weighted by atomic mass is 10.3. The molecule has 4 nitrogen and oxygen atoms in total. The first kappa shape index (κ1) is 12.3. The lowest BCUT2D eigenvalue weighted by molar-refractivity contribution is -0.0181. The highest BCUT2D eigenvalue weighted by Crippen LogP contribution is 2.05. The summed E-state index contributed by atoms with van der Waals surface area (Å²) >= 11 is 0. The molecule has 2 heterocycles. The quantitative estimate of drug-likeness (QED) is 0.669. The van der Waals surface area contributed by atoms with Gasteiger partial charge in [-0.2, -0.15) is 0 Å². The van der Waals surface area contributed by atoms with Crippen LogP contribution >= 0.6 is 0 Å². The number of ether oxygens (including phenoxy) is 1. The van der Waals surface area contributed by atoms with Gasteiger partial charge in [0.2, 0.25) is 0 Å². The van der Waals surface area contributed by atoms with E-state index in [1.165, 1.54) is 32.5 Å². The Kier molecular flexibility index (Phi) is 5.03. The maximum Gasteiger partial charge on any atom is 0.0826 e. The van der Waals surface area contributed by atoms with Crippen LogP contribution in [-0.2, 0) is 4.74 Å². The Morgan fingerprint density at radius 3 is 2.81 bits per heavy atom. The minimum absolute atomic E-state index is 0.386. The number of likely N-dealkylation sites (tertiary alicyclic amines) is 1. The van der Waals surface area contributed by atoms with Crippen LogP contribution in [-0.4, -0.2) is 75.4 Å². The van der Waals surface area contributed by atoms with Crippen molar-refractivity contribution in [1.82, 2.24) is 15.1 Å². The van der Waals surface area contributed by atoms with Gasteiger partial charge in [0.25, 0.3) is 0 Å². The van der Waals surface area contributed by atoms with Crippen molar-refractivity contribution < 1.29 is 4.74 Å². The van der Waals surface area contributed by atoms with Crippen LogP contribution in [0.4, 0.5) is 0 Å². The van der Waals surface area contributed by atoms with Crippen LogP contribution in [0.15, 0.2) is 0 Å². The Hall–Kier alpha value is -0.160. The second-order valence-corrected chi connectivity index (χ2v) is 5.01. The third-order valence-electron chi connectivity index (χ3n) is 3.52. The molecule has 1 unspecified atom stereocenters. The van der Waals surface area contributed by atoms with Crippen LogP contribution in [0, 0.1) is 0 Å². The summed E-state index contributed by atoms with van der Waals surface area (Å²) < 4.78 is 5.70. The van der Waals surface area contributed by atoms with Gasteiger partial charge in [-0.1, -0.05) is 0 Å². The van der Waals surface area contributed by atoms with Crippen molar-refractivity contribution in [3.63, 3.8) is 0 Å². The average molecular weight is 227 g/mol. The standard InChI is InChI=1S/C12H25N3O/c1-14-8-9-16-12(11-14)10-13-4-7-15-5-2-3-6-15/h12-13H,2-11H2,1H3. The highest BCUT2D eigenvalue weighted by Gasteiger charge is 2.17. The minimum atomic E-state index is 0.386. The molecule has 1 N–H and O–H groups in total. The lowest BCUT2D eigenvalue weighted by Crippen LogP contribution is -2.45. The number of hydrogen-bond donors (Lipinski definition) is 1. The summed E-state index contributed by atoms with van der Waals surface area (Å²) in [5.41, 5.74) is 0. The van der Waals surface area contributed by atoms with E-state index in [4.69, 9.17) is 4.74 Å². The number of nitrogens with zero attached hydrogens (tertiary/aromatic N) is 2. The van der Waals surface area contributed by atoms with Crippen molar-refractivity contribution in [3.05, 3.63) is 0 Å². The molecule has 0 saturated carbocycles. The van der Waals surface area contributed by atoms with E-state index in [0.29, 0.717) is 6.10 Å². The second-order valence-electron chi connectivity index (χ2n) is 5.01. The highest BCUT2D eigenvalue weighted by atomic mass is 16.5. The van der Waals surface area contributed by atoms with Crippen LogP contribution in [0.2, 0.25) is 0 Å². The molecule has 2 aliphatic rings. The first-order valence-corrected chi connectivity index (χ1v) is 6.58. The molecule has 2 aliphatic heterocycles. The van der Waals surface area contributed by atoms with E-state index in [1.807, 2.05) is 0 Å². The molecule has 0 aromatic rings. The SMILES string of the molecule is CN1CCOC(CNCCN2CCCC2)C1. The molecule has 4 heteroatoms. The summed E-state index contributed by atoms with van der Waals surface area (Å²) in [6, 6.07) is 0. The van der Waals surface area contributed by atoms with Crippen molar-refractivity contribution >= 4 is 0 Å². The lowest BCUT2D eigenvalue weighted by Gasteiger charge is -2.30. The van der Waals surface area contributed by atoms with Gasteiger partial charge in [0.1, 0.15) is 0 Å². The first-order chi connectivity index (χ1) is 7.84. The van der Waals surface area contributed by atoms with Crippen LogP contribution in [0.1, 0.15) is 12.8 Å². The zero-order valence-corrected chi connectivity index (χ0v) is 10.5. The van der Waals surface area contributed by atoms with Crippen molar-refractivity contribution in [1.29, 1.82) is 0 Å². The van der Waals surface area contributed by atoms with E-state index < -0.39 is 0 Å². The number of likely N-dealkylation sites (N-methyl/N-ethyl adjacent to an activating group) is 1. The molecule has 1 atom stereocenters.